The van der Waals surface area contributed by atoms with Gasteiger partial charge in [-0.3, -0.25) is 0 Å². The van der Waals surface area contributed by atoms with Crippen LogP contribution in [0.15, 0.2) is 40.2 Å². The zero-order valence-corrected chi connectivity index (χ0v) is 12.0. The summed E-state index contributed by atoms with van der Waals surface area (Å²) in [6.45, 7) is 3.85. The molecule has 0 amide bonds. The van der Waals surface area contributed by atoms with Crippen LogP contribution in [0.2, 0.25) is 0 Å². The molecule has 0 unspecified atom stereocenters. The summed E-state index contributed by atoms with van der Waals surface area (Å²) in [7, 11) is -3.60. The molecule has 0 aromatic heterocycles. The number of rotatable bonds is 5. The first-order chi connectivity index (χ1) is 8.46. The van der Waals surface area contributed by atoms with E-state index in [4.69, 9.17) is 0 Å². The lowest BCUT2D eigenvalue weighted by molar-refractivity contribution is 0.435. The van der Waals surface area contributed by atoms with Gasteiger partial charge in [0.2, 0.25) is 10.0 Å². The van der Waals surface area contributed by atoms with Crippen molar-refractivity contribution in [2.24, 2.45) is 0 Å². The Labute approximate surface area is 114 Å². The number of benzene rings is 1. The molecule has 1 aromatic rings. The fourth-order valence-corrected chi connectivity index (χ4v) is 4.41. The molecule has 0 saturated heterocycles. The van der Waals surface area contributed by atoms with Gasteiger partial charge in [0.05, 0.1) is 4.90 Å². The van der Waals surface area contributed by atoms with Gasteiger partial charge in [-0.05, 0) is 47.0 Å². The minimum Gasteiger partial charge on any atom is -0.207 e. The van der Waals surface area contributed by atoms with Gasteiger partial charge in [0.1, 0.15) is 5.82 Å². The Kier molecular flexibility index (Phi) is 3.89. The zero-order chi connectivity index (χ0) is 13.3. The second-order valence-electron chi connectivity index (χ2n) is 4.17. The lowest BCUT2D eigenvalue weighted by atomic mass is 10.3. The Balaban J connectivity index is 2.42. The van der Waals surface area contributed by atoms with Gasteiger partial charge >= 0.3 is 0 Å². The fourth-order valence-electron chi connectivity index (χ4n) is 1.74. The number of nitrogens with zero attached hydrogens (tertiary/aromatic N) is 1. The number of hydrogen-bond donors (Lipinski definition) is 0. The molecule has 0 atom stereocenters. The third-order valence-corrected chi connectivity index (χ3v) is 5.64. The van der Waals surface area contributed by atoms with Crippen molar-refractivity contribution >= 4 is 26.0 Å². The molecule has 6 heteroatoms. The van der Waals surface area contributed by atoms with Crippen molar-refractivity contribution in [1.29, 1.82) is 0 Å². The van der Waals surface area contributed by atoms with Crippen LogP contribution in [0.4, 0.5) is 4.39 Å². The minimum atomic E-state index is -3.60. The van der Waals surface area contributed by atoms with Gasteiger partial charge < -0.3 is 0 Å². The van der Waals surface area contributed by atoms with Crippen molar-refractivity contribution in [3.05, 3.63) is 41.1 Å². The number of sulfonamides is 1. The third kappa shape index (κ3) is 2.65. The Bertz CT molecular complexity index is 569. The molecule has 0 radical (unpaired) electrons. The molecule has 3 nitrogen and oxygen atoms in total. The Morgan fingerprint density at radius 3 is 2.67 bits per heavy atom. The van der Waals surface area contributed by atoms with E-state index in [1.165, 1.54) is 10.4 Å². The van der Waals surface area contributed by atoms with Gasteiger partial charge in [-0.15, -0.1) is 6.58 Å². The maximum atomic E-state index is 13.0. The predicted octanol–water partition coefficient (Wildman–Crippen LogP) is 2.93. The molecule has 0 heterocycles. The lowest BCUT2D eigenvalue weighted by Crippen LogP contribution is -2.33. The van der Waals surface area contributed by atoms with Gasteiger partial charge in [-0.1, -0.05) is 6.08 Å². The van der Waals surface area contributed by atoms with Crippen LogP contribution in [-0.4, -0.2) is 25.3 Å². The van der Waals surface area contributed by atoms with E-state index in [1.54, 1.807) is 6.08 Å². The summed E-state index contributed by atoms with van der Waals surface area (Å²) in [6, 6.07) is 3.64. The third-order valence-electron chi connectivity index (χ3n) is 2.74. The van der Waals surface area contributed by atoms with E-state index in [0.29, 0.717) is 0 Å². The molecule has 1 saturated carbocycles. The maximum absolute atomic E-state index is 13.0. The fraction of sp³-hybridized carbons (Fsp3) is 0.333. The molecular formula is C12H13BrFNO2S. The van der Waals surface area contributed by atoms with Gasteiger partial charge in [-0.25, -0.2) is 12.8 Å². The molecule has 0 bridgehead atoms. The molecular weight excluding hydrogens is 321 g/mol. The molecule has 1 fully saturated rings. The van der Waals surface area contributed by atoms with Crippen LogP contribution < -0.4 is 0 Å². The second-order valence-corrected chi connectivity index (χ2v) is 6.88. The summed E-state index contributed by atoms with van der Waals surface area (Å²) in [4.78, 5) is 0.0950. The molecule has 1 aliphatic rings. The SMILES string of the molecule is C=CCN(C1CC1)S(=O)(=O)c1ccc(F)cc1Br. The number of halogens is 2. The standard InChI is InChI=1S/C12H13BrFNO2S/c1-2-7-15(10-4-5-10)18(16,17)12-6-3-9(14)8-11(12)13/h2-3,6,8,10H,1,4-5,7H2. The molecule has 0 aliphatic heterocycles. The average molecular weight is 334 g/mol. The Hall–Kier alpha value is -0.720. The van der Waals surface area contributed by atoms with Gasteiger partial charge in [0.25, 0.3) is 0 Å². The van der Waals surface area contributed by atoms with Gasteiger partial charge in [-0.2, -0.15) is 4.31 Å². The van der Waals surface area contributed by atoms with Crippen LogP contribution in [0.25, 0.3) is 0 Å². The Morgan fingerprint density at radius 2 is 2.17 bits per heavy atom. The number of hydrogen-bond acceptors (Lipinski definition) is 2. The van der Waals surface area contributed by atoms with Crippen LogP contribution >= 0.6 is 15.9 Å². The molecule has 0 N–H and O–H groups in total. The molecule has 1 aliphatic carbocycles. The maximum Gasteiger partial charge on any atom is 0.244 e. The minimum absolute atomic E-state index is 0.0463. The van der Waals surface area contributed by atoms with E-state index < -0.39 is 15.8 Å². The van der Waals surface area contributed by atoms with Crippen LogP contribution in [0, 0.1) is 5.82 Å². The average Bonchev–Trinajstić information content (AvgIpc) is 3.08. The van der Waals surface area contributed by atoms with E-state index in [1.807, 2.05) is 0 Å². The summed E-state index contributed by atoms with van der Waals surface area (Å²) in [5, 5.41) is 0. The molecule has 1 aromatic carbocycles. The van der Waals surface area contributed by atoms with Crippen molar-refractivity contribution in [1.82, 2.24) is 4.31 Å². The van der Waals surface area contributed by atoms with Crippen molar-refractivity contribution in [2.75, 3.05) is 6.54 Å². The van der Waals surface area contributed by atoms with E-state index in [0.717, 1.165) is 25.0 Å². The van der Waals surface area contributed by atoms with E-state index in [2.05, 4.69) is 22.5 Å². The van der Waals surface area contributed by atoms with Gasteiger partial charge in [0.15, 0.2) is 0 Å². The highest BCUT2D eigenvalue weighted by atomic mass is 79.9. The second kappa shape index (κ2) is 5.11. The highest BCUT2D eigenvalue weighted by Gasteiger charge is 2.38. The molecule has 18 heavy (non-hydrogen) atoms. The molecule has 2 rings (SSSR count). The summed E-state index contributed by atoms with van der Waals surface area (Å²) in [5.41, 5.74) is 0. The van der Waals surface area contributed by atoms with Gasteiger partial charge in [0, 0.05) is 17.1 Å². The first kappa shape index (κ1) is 13.7. The van der Waals surface area contributed by atoms with E-state index >= 15 is 0 Å². The zero-order valence-electron chi connectivity index (χ0n) is 9.64. The normalized spacial score (nSPS) is 15.9. The highest BCUT2D eigenvalue weighted by molar-refractivity contribution is 9.10. The molecule has 98 valence electrons. The van der Waals surface area contributed by atoms with Crippen LogP contribution in [-0.2, 0) is 10.0 Å². The van der Waals surface area contributed by atoms with Crippen LogP contribution in [0.3, 0.4) is 0 Å². The monoisotopic (exact) mass is 333 g/mol. The lowest BCUT2D eigenvalue weighted by Gasteiger charge is -2.20. The quantitative estimate of drug-likeness (QED) is 0.777. The predicted molar refractivity (Wildman–Crippen MR) is 71.2 cm³/mol. The smallest absolute Gasteiger partial charge is 0.207 e. The van der Waals surface area contributed by atoms with E-state index in [9.17, 15) is 12.8 Å². The van der Waals surface area contributed by atoms with E-state index in [-0.39, 0.29) is 22.0 Å². The van der Waals surface area contributed by atoms with Crippen LogP contribution in [0.1, 0.15) is 12.8 Å². The summed E-state index contributed by atoms with van der Waals surface area (Å²) in [5.74, 6) is -0.470. The van der Waals surface area contributed by atoms with Crippen LogP contribution in [0.5, 0.6) is 0 Å². The summed E-state index contributed by atoms with van der Waals surface area (Å²) in [6.07, 6.45) is 3.30. The first-order valence-corrected chi connectivity index (χ1v) is 7.78. The first-order valence-electron chi connectivity index (χ1n) is 5.54. The highest BCUT2D eigenvalue weighted by Crippen LogP contribution is 2.34. The van der Waals surface area contributed by atoms with Crippen molar-refractivity contribution in [2.45, 2.75) is 23.8 Å². The largest absolute Gasteiger partial charge is 0.244 e. The van der Waals surface area contributed by atoms with Crippen molar-refractivity contribution in [3.63, 3.8) is 0 Å². The topological polar surface area (TPSA) is 37.4 Å². The summed E-state index contributed by atoms with van der Waals surface area (Å²) < 4.78 is 39.6. The molecule has 0 spiro atoms. The van der Waals surface area contributed by atoms with Crippen molar-refractivity contribution in [3.8, 4) is 0 Å². The Morgan fingerprint density at radius 1 is 1.50 bits per heavy atom. The van der Waals surface area contributed by atoms with Crippen molar-refractivity contribution < 1.29 is 12.8 Å². The summed E-state index contributed by atoms with van der Waals surface area (Å²) >= 11 is 3.10.